The summed E-state index contributed by atoms with van der Waals surface area (Å²) in [5.74, 6) is 0.0544. The number of amides is 1. The van der Waals surface area contributed by atoms with E-state index in [-0.39, 0.29) is 5.91 Å². The molecule has 0 spiro atoms. The highest BCUT2D eigenvalue weighted by molar-refractivity contribution is 5.75. The van der Waals surface area contributed by atoms with Gasteiger partial charge in [0.1, 0.15) is 0 Å². The van der Waals surface area contributed by atoms with Crippen LogP contribution >= 0.6 is 0 Å². The second kappa shape index (κ2) is 6.27. The summed E-state index contributed by atoms with van der Waals surface area (Å²) >= 11 is 0. The van der Waals surface area contributed by atoms with E-state index in [2.05, 4.69) is 29.6 Å². The van der Waals surface area contributed by atoms with Gasteiger partial charge in [-0.15, -0.1) is 0 Å². The molecule has 16 heavy (non-hydrogen) atoms. The molecule has 0 aromatic carbocycles. The van der Waals surface area contributed by atoms with Gasteiger partial charge in [-0.25, -0.2) is 0 Å². The summed E-state index contributed by atoms with van der Waals surface area (Å²) in [6.45, 7) is 5.34. The van der Waals surface area contributed by atoms with Crippen molar-refractivity contribution in [1.29, 1.82) is 0 Å². The summed E-state index contributed by atoms with van der Waals surface area (Å²) in [4.78, 5) is 11.4. The maximum atomic E-state index is 11.4. The molecule has 2 N–H and O–H groups in total. The molecule has 5 heteroatoms. The van der Waals surface area contributed by atoms with E-state index in [1.807, 2.05) is 19.3 Å². The number of hydrogen-bond acceptors (Lipinski definition) is 3. The van der Waals surface area contributed by atoms with Gasteiger partial charge in [-0.05, 0) is 6.07 Å². The van der Waals surface area contributed by atoms with Crippen molar-refractivity contribution >= 4 is 5.91 Å². The second-order valence-electron chi connectivity index (χ2n) is 4.12. The van der Waals surface area contributed by atoms with Gasteiger partial charge in [0.05, 0.1) is 12.2 Å². The number of carbonyl (C=O) groups excluding carboxylic acids is 1. The Kier molecular flexibility index (Phi) is 4.98. The molecule has 1 heterocycles. The minimum absolute atomic E-state index is 0.0544. The predicted molar refractivity (Wildman–Crippen MR) is 62.8 cm³/mol. The third-order valence-corrected chi connectivity index (χ3v) is 2.14. The maximum Gasteiger partial charge on any atom is 0.221 e. The van der Waals surface area contributed by atoms with Gasteiger partial charge in [-0.3, -0.25) is 9.48 Å². The molecular formula is C11H20N4O. The van der Waals surface area contributed by atoms with Gasteiger partial charge in [0.2, 0.25) is 5.91 Å². The van der Waals surface area contributed by atoms with Gasteiger partial charge in [-0.2, -0.15) is 5.10 Å². The van der Waals surface area contributed by atoms with Gasteiger partial charge >= 0.3 is 0 Å². The van der Waals surface area contributed by atoms with E-state index in [9.17, 15) is 4.79 Å². The topological polar surface area (TPSA) is 59.0 Å². The Morgan fingerprint density at radius 1 is 1.56 bits per heavy atom. The molecule has 0 aliphatic heterocycles. The van der Waals surface area contributed by atoms with Crippen LogP contribution in [0.1, 0.15) is 26.0 Å². The first-order valence-electron chi connectivity index (χ1n) is 5.56. The third-order valence-electron chi connectivity index (χ3n) is 2.14. The lowest BCUT2D eigenvalue weighted by Crippen LogP contribution is -2.30. The summed E-state index contributed by atoms with van der Waals surface area (Å²) in [7, 11) is 1.86. The Morgan fingerprint density at radius 3 is 2.88 bits per heavy atom. The van der Waals surface area contributed by atoms with E-state index >= 15 is 0 Å². The van der Waals surface area contributed by atoms with Gasteiger partial charge in [-0.1, -0.05) is 13.8 Å². The van der Waals surface area contributed by atoms with Crippen LogP contribution in [0.3, 0.4) is 0 Å². The predicted octanol–water partition coefficient (Wildman–Crippen LogP) is 0.424. The number of carbonyl (C=O) groups is 1. The molecule has 0 bridgehead atoms. The van der Waals surface area contributed by atoms with Crippen LogP contribution in [-0.2, 0) is 18.4 Å². The molecule has 0 fully saturated rings. The first kappa shape index (κ1) is 12.7. The molecule has 1 rings (SSSR count). The summed E-state index contributed by atoms with van der Waals surface area (Å²) in [5.41, 5.74) is 0.882. The number of nitrogens with one attached hydrogen (secondary N) is 2. The van der Waals surface area contributed by atoms with Crippen molar-refractivity contribution in [1.82, 2.24) is 20.4 Å². The van der Waals surface area contributed by atoms with Crippen LogP contribution in [0.25, 0.3) is 0 Å². The van der Waals surface area contributed by atoms with Crippen LogP contribution < -0.4 is 10.6 Å². The monoisotopic (exact) mass is 224 g/mol. The fourth-order valence-corrected chi connectivity index (χ4v) is 1.31. The first-order chi connectivity index (χ1) is 7.58. The average molecular weight is 224 g/mol. The van der Waals surface area contributed by atoms with Crippen LogP contribution in [0, 0.1) is 0 Å². The Labute approximate surface area is 96.2 Å². The van der Waals surface area contributed by atoms with Crippen molar-refractivity contribution in [3.8, 4) is 0 Å². The van der Waals surface area contributed by atoms with Crippen LogP contribution in [0.15, 0.2) is 12.3 Å². The molecule has 0 radical (unpaired) electrons. The number of nitrogens with zero attached hydrogens (tertiary/aromatic N) is 2. The van der Waals surface area contributed by atoms with Crippen molar-refractivity contribution in [2.75, 3.05) is 6.54 Å². The molecular weight excluding hydrogens is 204 g/mol. The number of aromatic nitrogens is 2. The lowest BCUT2D eigenvalue weighted by atomic mass is 10.3. The molecule has 1 amide bonds. The minimum Gasteiger partial charge on any atom is -0.350 e. The highest BCUT2D eigenvalue weighted by Gasteiger charge is 2.02. The molecule has 0 saturated carbocycles. The normalized spacial score (nSPS) is 10.8. The van der Waals surface area contributed by atoms with Crippen molar-refractivity contribution < 1.29 is 4.79 Å². The fourth-order valence-electron chi connectivity index (χ4n) is 1.31. The van der Waals surface area contributed by atoms with Crippen molar-refractivity contribution in [3.05, 3.63) is 18.0 Å². The van der Waals surface area contributed by atoms with E-state index in [0.717, 1.165) is 5.69 Å². The molecule has 0 saturated heterocycles. The molecule has 0 aliphatic rings. The van der Waals surface area contributed by atoms with Gasteiger partial charge in [0, 0.05) is 32.3 Å². The standard InChI is InChI=1S/C11H20N4O/c1-9(2)12-6-4-11(16)13-8-10-5-7-15(3)14-10/h5,7,9,12H,4,6,8H2,1-3H3,(H,13,16). The largest absolute Gasteiger partial charge is 0.350 e. The zero-order valence-corrected chi connectivity index (χ0v) is 10.2. The Hall–Kier alpha value is -1.36. The third kappa shape index (κ3) is 4.93. The lowest BCUT2D eigenvalue weighted by molar-refractivity contribution is -0.121. The smallest absolute Gasteiger partial charge is 0.221 e. The second-order valence-corrected chi connectivity index (χ2v) is 4.12. The van der Waals surface area contributed by atoms with Gasteiger partial charge < -0.3 is 10.6 Å². The maximum absolute atomic E-state index is 11.4. The van der Waals surface area contributed by atoms with Gasteiger partial charge in [0.25, 0.3) is 0 Å². The average Bonchev–Trinajstić information content (AvgIpc) is 2.61. The molecule has 5 nitrogen and oxygen atoms in total. The number of aryl methyl sites for hydroxylation is 1. The van der Waals surface area contributed by atoms with Crippen molar-refractivity contribution in [3.63, 3.8) is 0 Å². The molecule has 90 valence electrons. The van der Waals surface area contributed by atoms with E-state index in [4.69, 9.17) is 0 Å². The van der Waals surface area contributed by atoms with E-state index in [1.54, 1.807) is 4.68 Å². The van der Waals surface area contributed by atoms with E-state index < -0.39 is 0 Å². The molecule has 1 aromatic heterocycles. The molecule has 0 aliphatic carbocycles. The quantitative estimate of drug-likeness (QED) is 0.736. The van der Waals surface area contributed by atoms with Crippen LogP contribution in [0.5, 0.6) is 0 Å². The first-order valence-corrected chi connectivity index (χ1v) is 5.56. The molecule has 0 unspecified atom stereocenters. The highest BCUT2D eigenvalue weighted by atomic mass is 16.1. The zero-order chi connectivity index (χ0) is 12.0. The van der Waals surface area contributed by atoms with Gasteiger partial charge in [0.15, 0.2) is 0 Å². The molecule has 1 aromatic rings. The molecule has 0 atom stereocenters. The number of rotatable bonds is 6. The van der Waals surface area contributed by atoms with Crippen LogP contribution in [0.4, 0.5) is 0 Å². The summed E-state index contributed by atoms with van der Waals surface area (Å²) in [6.07, 6.45) is 2.37. The van der Waals surface area contributed by atoms with Crippen molar-refractivity contribution in [2.24, 2.45) is 7.05 Å². The lowest BCUT2D eigenvalue weighted by Gasteiger charge is -2.07. The summed E-state index contributed by atoms with van der Waals surface area (Å²) in [6, 6.07) is 2.32. The zero-order valence-electron chi connectivity index (χ0n) is 10.2. The minimum atomic E-state index is 0.0544. The fraction of sp³-hybridized carbons (Fsp3) is 0.636. The van der Waals surface area contributed by atoms with E-state index in [1.165, 1.54) is 0 Å². The number of hydrogen-bond donors (Lipinski definition) is 2. The Balaban J connectivity index is 2.15. The SMILES string of the molecule is CC(C)NCCC(=O)NCc1ccn(C)n1. The van der Waals surface area contributed by atoms with Crippen LogP contribution in [-0.4, -0.2) is 28.3 Å². The summed E-state index contributed by atoms with van der Waals surface area (Å²) in [5, 5.41) is 10.2. The highest BCUT2D eigenvalue weighted by Crippen LogP contribution is 1.93. The Morgan fingerprint density at radius 2 is 2.31 bits per heavy atom. The van der Waals surface area contributed by atoms with Crippen LogP contribution in [0.2, 0.25) is 0 Å². The van der Waals surface area contributed by atoms with Crippen molar-refractivity contribution in [2.45, 2.75) is 32.9 Å². The summed E-state index contributed by atoms with van der Waals surface area (Å²) < 4.78 is 1.72. The van der Waals surface area contributed by atoms with E-state index in [0.29, 0.717) is 25.6 Å². The Bertz CT molecular complexity index is 332.